The lowest BCUT2D eigenvalue weighted by atomic mass is 9.79. The SMILES string of the molecule is COC(=O)[C@H](N)Cc1ccc2c(c1)-c1ccccc1-2. The first-order chi connectivity index (χ1) is 9.20. The summed E-state index contributed by atoms with van der Waals surface area (Å²) in [7, 11) is 1.36. The van der Waals surface area contributed by atoms with Gasteiger partial charge in [-0.15, -0.1) is 0 Å². The van der Waals surface area contributed by atoms with E-state index in [9.17, 15) is 4.79 Å². The summed E-state index contributed by atoms with van der Waals surface area (Å²) in [5.74, 6) is -0.372. The number of carbonyl (C=O) groups excluding carboxylic acids is 1. The summed E-state index contributed by atoms with van der Waals surface area (Å²) < 4.78 is 4.64. The third-order valence-corrected chi connectivity index (χ3v) is 3.55. The van der Waals surface area contributed by atoms with Gasteiger partial charge in [0.05, 0.1) is 7.11 Å². The number of benzene rings is 2. The molecular formula is C16H15NO2. The maximum absolute atomic E-state index is 11.3. The summed E-state index contributed by atoms with van der Waals surface area (Å²) in [6.07, 6.45) is 0.502. The standard InChI is InChI=1S/C16H15NO2/c1-19-16(18)15(17)9-10-6-7-13-11-4-2-3-5-12(11)14(13)8-10/h2-8,15H,9,17H2,1H3/t15-/m1/s1. The lowest BCUT2D eigenvalue weighted by Gasteiger charge is -2.24. The van der Waals surface area contributed by atoms with E-state index in [2.05, 4.69) is 29.0 Å². The van der Waals surface area contributed by atoms with Gasteiger partial charge in [-0.2, -0.15) is 0 Å². The molecular weight excluding hydrogens is 238 g/mol. The van der Waals surface area contributed by atoms with Gasteiger partial charge in [-0.05, 0) is 34.2 Å². The Hall–Kier alpha value is -2.13. The third-order valence-electron chi connectivity index (χ3n) is 3.55. The Bertz CT molecular complexity index is 649. The molecule has 0 aromatic heterocycles. The minimum Gasteiger partial charge on any atom is -0.468 e. The van der Waals surface area contributed by atoms with E-state index in [4.69, 9.17) is 5.73 Å². The predicted molar refractivity (Wildman–Crippen MR) is 74.6 cm³/mol. The largest absolute Gasteiger partial charge is 0.468 e. The van der Waals surface area contributed by atoms with Gasteiger partial charge < -0.3 is 10.5 Å². The van der Waals surface area contributed by atoms with Crippen LogP contribution in [0, 0.1) is 0 Å². The third kappa shape index (κ3) is 1.92. The van der Waals surface area contributed by atoms with Crippen molar-refractivity contribution < 1.29 is 9.53 Å². The van der Waals surface area contributed by atoms with Crippen molar-refractivity contribution in [3.63, 3.8) is 0 Å². The number of fused-ring (bicyclic) bond motifs is 4. The van der Waals surface area contributed by atoms with Crippen LogP contribution in [0.15, 0.2) is 42.5 Å². The van der Waals surface area contributed by atoms with Gasteiger partial charge >= 0.3 is 5.97 Å². The van der Waals surface area contributed by atoms with Crippen molar-refractivity contribution in [3.8, 4) is 22.3 Å². The molecule has 0 saturated heterocycles. The summed E-state index contributed by atoms with van der Waals surface area (Å²) in [5.41, 5.74) is 11.9. The number of hydrogen-bond donors (Lipinski definition) is 1. The highest BCUT2D eigenvalue weighted by molar-refractivity contribution is 6.02. The molecule has 19 heavy (non-hydrogen) atoms. The molecule has 1 aliphatic rings. The first-order valence-electron chi connectivity index (χ1n) is 6.27. The van der Waals surface area contributed by atoms with Crippen LogP contribution in [0.2, 0.25) is 0 Å². The Labute approximate surface area is 112 Å². The molecule has 0 unspecified atom stereocenters. The molecule has 2 aromatic carbocycles. The molecule has 0 spiro atoms. The topological polar surface area (TPSA) is 52.3 Å². The number of nitrogens with two attached hydrogens (primary N) is 1. The fourth-order valence-electron chi connectivity index (χ4n) is 2.56. The quantitative estimate of drug-likeness (QED) is 0.729. The monoisotopic (exact) mass is 253 g/mol. The van der Waals surface area contributed by atoms with E-state index >= 15 is 0 Å². The van der Waals surface area contributed by atoms with Gasteiger partial charge in [0.15, 0.2) is 0 Å². The Balaban J connectivity index is 1.85. The molecule has 0 heterocycles. The average molecular weight is 253 g/mol. The van der Waals surface area contributed by atoms with Gasteiger partial charge in [0.2, 0.25) is 0 Å². The molecule has 1 atom stereocenters. The summed E-state index contributed by atoms with van der Waals surface area (Å²) in [5, 5.41) is 0. The normalized spacial score (nSPS) is 12.9. The van der Waals surface area contributed by atoms with Gasteiger partial charge in [0.1, 0.15) is 6.04 Å². The highest BCUT2D eigenvalue weighted by Crippen LogP contribution is 2.46. The fraction of sp³-hybridized carbons (Fsp3) is 0.188. The second kappa shape index (κ2) is 4.52. The first-order valence-corrected chi connectivity index (χ1v) is 6.27. The highest BCUT2D eigenvalue weighted by Gasteiger charge is 2.22. The molecule has 3 nitrogen and oxygen atoms in total. The van der Waals surface area contributed by atoms with Crippen molar-refractivity contribution >= 4 is 5.97 Å². The van der Waals surface area contributed by atoms with Gasteiger partial charge in [0, 0.05) is 0 Å². The predicted octanol–water partition coefficient (Wildman–Crippen LogP) is 2.38. The van der Waals surface area contributed by atoms with Crippen molar-refractivity contribution in [1.82, 2.24) is 0 Å². The van der Waals surface area contributed by atoms with E-state index in [0.29, 0.717) is 6.42 Å². The molecule has 0 aliphatic heterocycles. The number of carbonyl (C=O) groups is 1. The molecule has 0 bridgehead atoms. The van der Waals surface area contributed by atoms with Crippen LogP contribution < -0.4 is 5.73 Å². The van der Waals surface area contributed by atoms with Crippen LogP contribution in [-0.4, -0.2) is 19.1 Å². The molecule has 0 amide bonds. The minimum atomic E-state index is -0.599. The van der Waals surface area contributed by atoms with E-state index in [-0.39, 0.29) is 5.97 Å². The van der Waals surface area contributed by atoms with Gasteiger partial charge in [-0.3, -0.25) is 4.79 Å². The van der Waals surface area contributed by atoms with E-state index in [0.717, 1.165) is 5.56 Å². The zero-order valence-electron chi connectivity index (χ0n) is 10.7. The Morgan fingerprint density at radius 2 is 1.74 bits per heavy atom. The van der Waals surface area contributed by atoms with E-state index < -0.39 is 6.04 Å². The van der Waals surface area contributed by atoms with Gasteiger partial charge in [0.25, 0.3) is 0 Å². The zero-order valence-corrected chi connectivity index (χ0v) is 10.7. The molecule has 0 radical (unpaired) electrons. The molecule has 3 heteroatoms. The molecule has 0 saturated carbocycles. The van der Waals surface area contributed by atoms with Crippen molar-refractivity contribution in [1.29, 1.82) is 0 Å². The van der Waals surface area contributed by atoms with Crippen molar-refractivity contribution in [2.24, 2.45) is 5.73 Å². The lowest BCUT2D eigenvalue weighted by molar-refractivity contribution is -0.142. The first kappa shape index (κ1) is 11.9. The van der Waals surface area contributed by atoms with E-state index in [1.807, 2.05) is 18.2 Å². The Kier molecular flexibility index (Phi) is 2.84. The number of methoxy groups -OCH3 is 1. The van der Waals surface area contributed by atoms with Crippen molar-refractivity contribution in [2.75, 3.05) is 7.11 Å². The van der Waals surface area contributed by atoms with E-state index in [1.54, 1.807) is 0 Å². The number of rotatable bonds is 3. The van der Waals surface area contributed by atoms with Crippen LogP contribution in [0.4, 0.5) is 0 Å². The molecule has 1 aliphatic carbocycles. The highest BCUT2D eigenvalue weighted by atomic mass is 16.5. The van der Waals surface area contributed by atoms with Crippen molar-refractivity contribution in [2.45, 2.75) is 12.5 Å². The fourth-order valence-corrected chi connectivity index (χ4v) is 2.56. The average Bonchev–Trinajstić information content (AvgIpc) is 2.44. The lowest BCUT2D eigenvalue weighted by Crippen LogP contribution is -2.33. The zero-order chi connectivity index (χ0) is 13.4. The van der Waals surface area contributed by atoms with Crippen LogP contribution in [0.5, 0.6) is 0 Å². The molecule has 2 aromatic rings. The minimum absolute atomic E-state index is 0.372. The second-order valence-corrected chi connectivity index (χ2v) is 4.76. The van der Waals surface area contributed by atoms with Crippen LogP contribution in [0.3, 0.4) is 0 Å². The molecule has 96 valence electrons. The Morgan fingerprint density at radius 3 is 2.42 bits per heavy atom. The smallest absolute Gasteiger partial charge is 0.322 e. The van der Waals surface area contributed by atoms with Crippen LogP contribution in [0.1, 0.15) is 5.56 Å². The maximum Gasteiger partial charge on any atom is 0.322 e. The van der Waals surface area contributed by atoms with Crippen LogP contribution >= 0.6 is 0 Å². The summed E-state index contributed by atoms with van der Waals surface area (Å²) in [6.45, 7) is 0. The number of ether oxygens (including phenoxy) is 1. The van der Waals surface area contributed by atoms with Gasteiger partial charge in [-0.1, -0.05) is 42.5 Å². The summed E-state index contributed by atoms with van der Waals surface area (Å²) in [6, 6.07) is 13.9. The molecule has 3 rings (SSSR count). The molecule has 0 fully saturated rings. The number of esters is 1. The summed E-state index contributed by atoms with van der Waals surface area (Å²) in [4.78, 5) is 11.3. The maximum atomic E-state index is 11.3. The Morgan fingerprint density at radius 1 is 1.11 bits per heavy atom. The van der Waals surface area contributed by atoms with Gasteiger partial charge in [-0.25, -0.2) is 0 Å². The van der Waals surface area contributed by atoms with Crippen molar-refractivity contribution in [3.05, 3.63) is 48.0 Å². The molecule has 2 N–H and O–H groups in total. The summed E-state index contributed by atoms with van der Waals surface area (Å²) >= 11 is 0. The second-order valence-electron chi connectivity index (χ2n) is 4.76. The van der Waals surface area contributed by atoms with Crippen LogP contribution in [0.25, 0.3) is 22.3 Å². The number of hydrogen-bond acceptors (Lipinski definition) is 3. The van der Waals surface area contributed by atoms with Crippen LogP contribution in [-0.2, 0) is 16.0 Å². The van der Waals surface area contributed by atoms with E-state index in [1.165, 1.54) is 29.4 Å².